The zero-order valence-electron chi connectivity index (χ0n) is 8.06. The van der Waals surface area contributed by atoms with Crippen molar-refractivity contribution in [2.24, 2.45) is 0 Å². The Labute approximate surface area is 85.5 Å². The van der Waals surface area contributed by atoms with Crippen LogP contribution in [0.5, 0.6) is 0 Å². The molecule has 0 unspecified atom stereocenters. The third-order valence-electron chi connectivity index (χ3n) is 3.15. The molecule has 0 heterocycles. The zero-order chi connectivity index (χ0) is 11.1. The van der Waals surface area contributed by atoms with Gasteiger partial charge in [0.1, 0.15) is 17.5 Å². The van der Waals surface area contributed by atoms with Crippen molar-refractivity contribution in [1.29, 1.82) is 0 Å². The number of benzene rings is 1. The van der Waals surface area contributed by atoms with Gasteiger partial charge in [-0.3, -0.25) is 0 Å². The molecule has 0 atom stereocenters. The highest BCUT2D eigenvalue weighted by atomic mass is 19.1. The molecule has 0 aliphatic heterocycles. The molecule has 0 amide bonds. The zero-order valence-corrected chi connectivity index (χ0v) is 8.06. The Morgan fingerprint density at radius 3 is 2.00 bits per heavy atom. The topological polar surface area (TPSA) is 20.2 Å². The summed E-state index contributed by atoms with van der Waals surface area (Å²) in [4.78, 5) is 0. The molecule has 1 nitrogen and oxygen atoms in total. The van der Waals surface area contributed by atoms with Crippen LogP contribution in [-0.4, -0.2) is 11.7 Å². The first kappa shape index (κ1) is 10.5. The third kappa shape index (κ3) is 1.53. The maximum Gasteiger partial charge on any atom is 0.132 e. The van der Waals surface area contributed by atoms with Crippen molar-refractivity contribution in [1.82, 2.24) is 0 Å². The SMILES string of the molecule is OCC1(c2c(F)cc(F)cc2F)CCC1. The van der Waals surface area contributed by atoms with Gasteiger partial charge in [-0.05, 0) is 12.8 Å². The molecular formula is C11H11F3O. The molecule has 0 bridgehead atoms. The van der Waals surface area contributed by atoms with Crippen molar-refractivity contribution in [3.05, 3.63) is 35.1 Å². The van der Waals surface area contributed by atoms with Gasteiger partial charge in [0.05, 0.1) is 6.61 Å². The highest BCUT2D eigenvalue weighted by molar-refractivity contribution is 5.31. The second kappa shape index (κ2) is 3.52. The van der Waals surface area contributed by atoms with E-state index in [4.69, 9.17) is 0 Å². The summed E-state index contributed by atoms with van der Waals surface area (Å²) in [5, 5.41) is 9.18. The van der Waals surface area contributed by atoms with E-state index in [0.717, 1.165) is 6.42 Å². The summed E-state index contributed by atoms with van der Waals surface area (Å²) in [6.45, 7) is -0.299. The van der Waals surface area contributed by atoms with Gasteiger partial charge in [0, 0.05) is 23.1 Å². The van der Waals surface area contributed by atoms with Crippen LogP contribution in [0.1, 0.15) is 24.8 Å². The van der Waals surface area contributed by atoms with Gasteiger partial charge in [-0.15, -0.1) is 0 Å². The van der Waals surface area contributed by atoms with Crippen molar-refractivity contribution in [2.45, 2.75) is 24.7 Å². The molecule has 15 heavy (non-hydrogen) atoms. The number of aliphatic hydroxyl groups is 1. The molecule has 0 spiro atoms. The van der Waals surface area contributed by atoms with Crippen LogP contribution >= 0.6 is 0 Å². The lowest BCUT2D eigenvalue weighted by Gasteiger charge is -2.41. The van der Waals surface area contributed by atoms with Crippen LogP contribution in [-0.2, 0) is 5.41 Å². The standard InChI is InChI=1S/C11H11F3O/c12-7-4-8(13)10(9(14)5-7)11(6-15)2-1-3-11/h4-5,15H,1-3,6H2. The van der Waals surface area contributed by atoms with E-state index >= 15 is 0 Å². The predicted octanol–water partition coefficient (Wildman–Crippen LogP) is 2.52. The predicted molar refractivity (Wildman–Crippen MR) is 48.9 cm³/mol. The average Bonchev–Trinajstić information content (AvgIpc) is 2.07. The largest absolute Gasteiger partial charge is 0.395 e. The lowest BCUT2D eigenvalue weighted by Crippen LogP contribution is -2.39. The lowest BCUT2D eigenvalue weighted by atomic mass is 9.64. The lowest BCUT2D eigenvalue weighted by molar-refractivity contribution is 0.112. The molecule has 1 N–H and O–H groups in total. The van der Waals surface area contributed by atoms with Gasteiger partial charge in [-0.1, -0.05) is 6.42 Å². The van der Waals surface area contributed by atoms with Gasteiger partial charge in [0.2, 0.25) is 0 Å². The average molecular weight is 216 g/mol. The first-order valence-electron chi connectivity index (χ1n) is 4.85. The molecule has 0 aromatic heterocycles. The molecule has 1 aromatic carbocycles. The Morgan fingerprint density at radius 1 is 1.13 bits per heavy atom. The van der Waals surface area contributed by atoms with Crippen molar-refractivity contribution in [3.8, 4) is 0 Å². The van der Waals surface area contributed by atoms with Crippen LogP contribution in [0.2, 0.25) is 0 Å². The fourth-order valence-corrected chi connectivity index (χ4v) is 2.14. The molecule has 0 radical (unpaired) electrons. The van der Waals surface area contributed by atoms with Gasteiger partial charge >= 0.3 is 0 Å². The minimum Gasteiger partial charge on any atom is -0.395 e. The normalized spacial score (nSPS) is 18.7. The van der Waals surface area contributed by atoms with Gasteiger partial charge in [-0.25, -0.2) is 13.2 Å². The molecule has 4 heteroatoms. The minimum atomic E-state index is -0.929. The highest BCUT2D eigenvalue weighted by Crippen LogP contribution is 2.45. The summed E-state index contributed by atoms with van der Waals surface area (Å²) >= 11 is 0. The Bertz CT molecular complexity index is 357. The number of rotatable bonds is 2. The van der Waals surface area contributed by atoms with E-state index in [9.17, 15) is 18.3 Å². The number of halogens is 3. The van der Waals surface area contributed by atoms with E-state index in [2.05, 4.69) is 0 Å². The maximum absolute atomic E-state index is 13.4. The van der Waals surface area contributed by atoms with Crippen LogP contribution in [0.3, 0.4) is 0 Å². The van der Waals surface area contributed by atoms with E-state index in [1.807, 2.05) is 0 Å². The molecule has 1 aromatic rings. The summed E-state index contributed by atoms with van der Waals surface area (Å²) in [6, 6.07) is 1.32. The summed E-state index contributed by atoms with van der Waals surface area (Å²) < 4.78 is 39.5. The quantitative estimate of drug-likeness (QED) is 0.805. The van der Waals surface area contributed by atoms with Crippen LogP contribution in [0.4, 0.5) is 13.2 Å². The Hall–Kier alpha value is -1.03. The second-order valence-electron chi connectivity index (χ2n) is 4.04. The molecule has 82 valence electrons. The molecule has 2 rings (SSSR count). The van der Waals surface area contributed by atoms with E-state index in [1.54, 1.807) is 0 Å². The van der Waals surface area contributed by atoms with Crippen molar-refractivity contribution in [3.63, 3.8) is 0 Å². The maximum atomic E-state index is 13.4. The molecule has 1 fully saturated rings. The Balaban J connectivity index is 2.52. The van der Waals surface area contributed by atoms with E-state index in [-0.39, 0.29) is 12.2 Å². The summed E-state index contributed by atoms with van der Waals surface area (Å²) in [5.41, 5.74) is -1.00. The van der Waals surface area contributed by atoms with Crippen LogP contribution in [0.25, 0.3) is 0 Å². The summed E-state index contributed by atoms with van der Waals surface area (Å²) in [6.07, 6.45) is 1.92. The van der Waals surface area contributed by atoms with Gasteiger partial charge in [0.15, 0.2) is 0 Å². The minimum absolute atomic E-state index is 0.169. The Kier molecular flexibility index (Phi) is 2.46. The van der Waals surface area contributed by atoms with Gasteiger partial charge in [-0.2, -0.15) is 0 Å². The summed E-state index contributed by atoms with van der Waals surface area (Å²) in [7, 11) is 0. The fraction of sp³-hybridized carbons (Fsp3) is 0.455. The third-order valence-corrected chi connectivity index (χ3v) is 3.15. The highest BCUT2D eigenvalue weighted by Gasteiger charge is 2.42. The smallest absolute Gasteiger partial charge is 0.132 e. The number of aliphatic hydroxyl groups excluding tert-OH is 1. The Morgan fingerprint density at radius 2 is 1.67 bits per heavy atom. The molecular weight excluding hydrogens is 205 g/mol. The van der Waals surface area contributed by atoms with Crippen LogP contribution in [0, 0.1) is 17.5 Å². The molecule has 1 aliphatic rings. The number of hydrogen-bond acceptors (Lipinski definition) is 1. The number of hydrogen-bond donors (Lipinski definition) is 1. The van der Waals surface area contributed by atoms with Crippen molar-refractivity contribution < 1.29 is 18.3 Å². The van der Waals surface area contributed by atoms with Crippen molar-refractivity contribution in [2.75, 3.05) is 6.61 Å². The van der Waals surface area contributed by atoms with Crippen LogP contribution < -0.4 is 0 Å². The van der Waals surface area contributed by atoms with E-state index < -0.39 is 22.9 Å². The fourth-order valence-electron chi connectivity index (χ4n) is 2.14. The van der Waals surface area contributed by atoms with Crippen molar-refractivity contribution >= 4 is 0 Å². The molecule has 1 saturated carbocycles. The van der Waals surface area contributed by atoms with Crippen LogP contribution in [0.15, 0.2) is 12.1 Å². The van der Waals surface area contributed by atoms with E-state index in [0.29, 0.717) is 25.0 Å². The first-order valence-corrected chi connectivity index (χ1v) is 4.85. The molecule has 1 aliphatic carbocycles. The monoisotopic (exact) mass is 216 g/mol. The van der Waals surface area contributed by atoms with E-state index in [1.165, 1.54) is 0 Å². The second-order valence-corrected chi connectivity index (χ2v) is 4.04. The first-order chi connectivity index (χ1) is 7.09. The van der Waals surface area contributed by atoms with Gasteiger partial charge in [0.25, 0.3) is 0 Å². The summed E-state index contributed by atoms with van der Waals surface area (Å²) in [5.74, 6) is -2.73. The van der Waals surface area contributed by atoms with Gasteiger partial charge < -0.3 is 5.11 Å². The molecule has 0 saturated heterocycles.